The first-order valence-corrected chi connectivity index (χ1v) is 13.1. The molecule has 1 aliphatic heterocycles. The van der Waals surface area contributed by atoms with Gasteiger partial charge in [-0.05, 0) is 79.3 Å². The SMILES string of the molecule is COCC(=O)Nc1ccc(N2C(=S)N[C@H](c3ccccn3)[C@H]2c2cccn2-c2ccccc2C(=O)OC)cc1C. The fourth-order valence-corrected chi connectivity index (χ4v) is 5.36. The molecule has 2 atom stereocenters. The van der Waals surface area contributed by atoms with Crippen LogP contribution in [0.3, 0.4) is 0 Å². The maximum Gasteiger partial charge on any atom is 0.339 e. The van der Waals surface area contributed by atoms with Crippen molar-refractivity contribution in [2.75, 3.05) is 31.0 Å². The summed E-state index contributed by atoms with van der Waals surface area (Å²) in [6, 6.07) is 22.2. The van der Waals surface area contributed by atoms with Gasteiger partial charge in [0.15, 0.2) is 5.11 Å². The molecule has 2 aromatic carbocycles. The molecule has 9 nitrogen and oxygen atoms in total. The molecule has 1 amide bonds. The molecule has 1 aliphatic rings. The van der Waals surface area contributed by atoms with E-state index in [0.29, 0.717) is 22.1 Å². The Morgan fingerprint density at radius 2 is 1.85 bits per heavy atom. The Balaban J connectivity index is 1.62. The summed E-state index contributed by atoms with van der Waals surface area (Å²) < 4.78 is 12.0. The number of nitrogens with zero attached hydrogens (tertiary/aromatic N) is 3. The number of esters is 1. The number of thiocarbonyl (C=S) groups is 1. The first-order valence-electron chi connectivity index (χ1n) is 12.7. The van der Waals surface area contributed by atoms with E-state index in [-0.39, 0.29) is 24.6 Å². The number of nitrogens with one attached hydrogen (secondary N) is 2. The highest BCUT2D eigenvalue weighted by Crippen LogP contribution is 2.43. The van der Waals surface area contributed by atoms with Gasteiger partial charge in [-0.25, -0.2) is 4.79 Å². The van der Waals surface area contributed by atoms with Crippen LogP contribution in [0, 0.1) is 6.92 Å². The number of para-hydroxylation sites is 1. The third kappa shape index (κ3) is 5.18. The van der Waals surface area contributed by atoms with Crippen LogP contribution in [0.5, 0.6) is 0 Å². The second-order valence-corrected chi connectivity index (χ2v) is 9.68. The molecule has 40 heavy (non-hydrogen) atoms. The van der Waals surface area contributed by atoms with Gasteiger partial charge in [-0.3, -0.25) is 9.78 Å². The topological polar surface area (TPSA) is 97.7 Å². The highest BCUT2D eigenvalue weighted by atomic mass is 32.1. The highest BCUT2D eigenvalue weighted by Gasteiger charge is 2.42. The molecule has 3 heterocycles. The summed E-state index contributed by atoms with van der Waals surface area (Å²) in [5.41, 5.74) is 5.27. The Labute approximate surface area is 237 Å². The largest absolute Gasteiger partial charge is 0.465 e. The van der Waals surface area contributed by atoms with Crippen molar-refractivity contribution in [1.29, 1.82) is 0 Å². The summed E-state index contributed by atoms with van der Waals surface area (Å²) in [5.74, 6) is -0.651. The normalized spacial score (nSPS) is 16.5. The molecule has 0 unspecified atom stereocenters. The number of aromatic nitrogens is 2. The molecule has 5 rings (SSSR count). The van der Waals surface area contributed by atoms with Gasteiger partial charge in [0.1, 0.15) is 12.6 Å². The number of anilines is 2. The number of methoxy groups -OCH3 is 2. The second-order valence-electron chi connectivity index (χ2n) is 9.29. The van der Waals surface area contributed by atoms with Gasteiger partial charge >= 0.3 is 5.97 Å². The number of pyridine rings is 1. The van der Waals surface area contributed by atoms with Crippen molar-refractivity contribution in [2.45, 2.75) is 19.0 Å². The minimum atomic E-state index is -0.421. The molecule has 2 N–H and O–H groups in total. The van der Waals surface area contributed by atoms with Crippen LogP contribution in [0.4, 0.5) is 11.4 Å². The predicted molar refractivity (Wildman–Crippen MR) is 157 cm³/mol. The van der Waals surface area contributed by atoms with E-state index in [9.17, 15) is 9.59 Å². The van der Waals surface area contributed by atoms with E-state index in [2.05, 4.69) is 20.5 Å². The molecule has 0 radical (unpaired) electrons. The van der Waals surface area contributed by atoms with Crippen molar-refractivity contribution < 1.29 is 19.1 Å². The van der Waals surface area contributed by atoms with Crippen molar-refractivity contribution in [3.05, 3.63) is 108 Å². The molecule has 0 spiro atoms. The Bertz CT molecular complexity index is 1550. The third-order valence-electron chi connectivity index (χ3n) is 6.79. The second kappa shape index (κ2) is 11.7. The summed E-state index contributed by atoms with van der Waals surface area (Å²) in [6.07, 6.45) is 3.68. The average molecular weight is 556 g/mol. The Hall–Kier alpha value is -4.54. The van der Waals surface area contributed by atoms with Crippen LogP contribution in [0.2, 0.25) is 0 Å². The zero-order valence-corrected chi connectivity index (χ0v) is 23.1. The number of benzene rings is 2. The number of rotatable bonds is 8. The van der Waals surface area contributed by atoms with Gasteiger partial charge < -0.3 is 29.6 Å². The molecule has 204 valence electrons. The van der Waals surface area contributed by atoms with Crippen molar-refractivity contribution in [2.24, 2.45) is 0 Å². The number of hydrogen-bond donors (Lipinski definition) is 2. The molecule has 0 bridgehead atoms. The molecule has 1 fully saturated rings. The molecule has 0 aliphatic carbocycles. The standard InChI is InChI=1S/C30H29N5O4S/c1-19-17-20(13-14-22(19)32-26(36)18-38-2)35-28(27(33-30(35)40)23-10-6-7-15-31-23)25-12-8-16-34(25)24-11-5-4-9-21(24)29(37)39-3/h4-17,27-28H,18H2,1-3H3,(H,32,36)(H,33,40)/t27-,28-/m1/s1. The van der Waals surface area contributed by atoms with Gasteiger partial charge in [0.25, 0.3) is 0 Å². The van der Waals surface area contributed by atoms with Crippen LogP contribution in [0.25, 0.3) is 5.69 Å². The lowest BCUT2D eigenvalue weighted by Gasteiger charge is -2.29. The molecule has 4 aromatic rings. The van der Waals surface area contributed by atoms with Crippen molar-refractivity contribution in [3.8, 4) is 5.69 Å². The van der Waals surface area contributed by atoms with Gasteiger partial charge in [0, 0.05) is 36.6 Å². The van der Waals surface area contributed by atoms with Crippen molar-refractivity contribution in [3.63, 3.8) is 0 Å². The fourth-order valence-electron chi connectivity index (χ4n) is 5.01. The van der Waals surface area contributed by atoms with Gasteiger partial charge in [-0.15, -0.1) is 0 Å². The van der Waals surface area contributed by atoms with Gasteiger partial charge in [-0.1, -0.05) is 18.2 Å². The minimum Gasteiger partial charge on any atom is -0.465 e. The lowest BCUT2D eigenvalue weighted by atomic mass is 10.00. The van der Waals surface area contributed by atoms with Crippen LogP contribution >= 0.6 is 12.2 Å². The molecule has 1 saturated heterocycles. The van der Waals surface area contributed by atoms with E-state index in [1.807, 2.05) is 84.4 Å². The maximum absolute atomic E-state index is 12.6. The van der Waals surface area contributed by atoms with E-state index in [4.69, 9.17) is 21.7 Å². The van der Waals surface area contributed by atoms with E-state index in [1.54, 1.807) is 12.3 Å². The summed E-state index contributed by atoms with van der Waals surface area (Å²) in [7, 11) is 2.85. The lowest BCUT2D eigenvalue weighted by Crippen LogP contribution is -2.30. The maximum atomic E-state index is 12.6. The van der Waals surface area contributed by atoms with E-state index in [1.165, 1.54) is 14.2 Å². The monoisotopic (exact) mass is 555 g/mol. The number of ether oxygens (including phenoxy) is 2. The van der Waals surface area contributed by atoms with E-state index in [0.717, 1.165) is 22.6 Å². The minimum absolute atomic E-state index is 0.0286. The Morgan fingerprint density at radius 3 is 2.58 bits per heavy atom. The van der Waals surface area contributed by atoms with Crippen LogP contribution in [0.1, 0.15) is 39.4 Å². The average Bonchev–Trinajstić information content (AvgIpc) is 3.58. The number of hydrogen-bond acceptors (Lipinski definition) is 6. The molecule has 0 saturated carbocycles. The van der Waals surface area contributed by atoms with Crippen molar-refractivity contribution in [1.82, 2.24) is 14.9 Å². The number of aryl methyl sites for hydroxylation is 1. The summed E-state index contributed by atoms with van der Waals surface area (Å²) in [5, 5.41) is 6.88. The summed E-state index contributed by atoms with van der Waals surface area (Å²) >= 11 is 5.89. The molecular weight excluding hydrogens is 526 g/mol. The Kier molecular flexibility index (Phi) is 7.90. The van der Waals surface area contributed by atoms with Gasteiger partial charge in [0.2, 0.25) is 5.91 Å². The summed E-state index contributed by atoms with van der Waals surface area (Å²) in [6.45, 7) is 1.90. The lowest BCUT2D eigenvalue weighted by molar-refractivity contribution is -0.119. The third-order valence-corrected chi connectivity index (χ3v) is 7.10. The number of carbonyl (C=O) groups is 2. The zero-order chi connectivity index (χ0) is 28.2. The fraction of sp³-hybridized carbons (Fsp3) is 0.200. The van der Waals surface area contributed by atoms with Gasteiger partial charge in [-0.2, -0.15) is 0 Å². The summed E-state index contributed by atoms with van der Waals surface area (Å²) in [4.78, 5) is 31.4. The van der Waals surface area contributed by atoms with E-state index < -0.39 is 5.97 Å². The van der Waals surface area contributed by atoms with Gasteiger partial charge in [0.05, 0.1) is 30.1 Å². The Morgan fingerprint density at radius 1 is 1.05 bits per heavy atom. The zero-order valence-electron chi connectivity index (χ0n) is 22.3. The quantitative estimate of drug-likeness (QED) is 0.238. The highest BCUT2D eigenvalue weighted by molar-refractivity contribution is 7.80. The van der Waals surface area contributed by atoms with Crippen LogP contribution in [-0.4, -0.2) is 47.4 Å². The number of carbonyl (C=O) groups excluding carboxylic acids is 2. The molecule has 10 heteroatoms. The van der Waals surface area contributed by atoms with Crippen LogP contribution in [-0.2, 0) is 14.3 Å². The van der Waals surface area contributed by atoms with E-state index >= 15 is 0 Å². The van der Waals surface area contributed by atoms with Crippen LogP contribution < -0.4 is 15.5 Å². The first kappa shape index (κ1) is 27.0. The van der Waals surface area contributed by atoms with Crippen LogP contribution in [0.15, 0.2) is 85.2 Å². The predicted octanol–water partition coefficient (Wildman–Crippen LogP) is 4.73. The first-order chi connectivity index (χ1) is 19.4. The molecular formula is C30H29N5O4S. The molecule has 2 aromatic heterocycles. The number of amides is 1. The van der Waals surface area contributed by atoms with Crippen molar-refractivity contribution >= 4 is 40.6 Å². The smallest absolute Gasteiger partial charge is 0.339 e.